The third-order valence-corrected chi connectivity index (χ3v) is 1.44. The summed E-state index contributed by atoms with van der Waals surface area (Å²) in [6, 6.07) is 3.40. The van der Waals surface area contributed by atoms with E-state index in [4.69, 9.17) is 23.2 Å². The number of pyridine rings is 1. The number of rotatable bonds is 1. The largest absolute Gasteiger partial charge is 0.388 e. The van der Waals surface area contributed by atoms with Gasteiger partial charge in [-0.25, -0.2) is 4.98 Å². The van der Waals surface area contributed by atoms with Gasteiger partial charge in [0.05, 0.1) is 0 Å². The molecule has 0 aliphatic carbocycles. The number of nitrogens with zero attached hydrogens (tertiary/aromatic N) is 1. The van der Waals surface area contributed by atoms with Crippen LogP contribution in [0.15, 0.2) is 12.1 Å². The van der Waals surface area contributed by atoms with Crippen molar-refractivity contribution in [3.8, 4) is 0 Å². The molecule has 10 heavy (non-hydrogen) atoms. The van der Waals surface area contributed by atoms with Crippen LogP contribution in [-0.4, -0.2) is 12.0 Å². The van der Waals surface area contributed by atoms with E-state index >= 15 is 0 Å². The molecule has 1 aromatic rings. The zero-order valence-corrected chi connectivity index (χ0v) is 6.87. The van der Waals surface area contributed by atoms with Crippen molar-refractivity contribution >= 4 is 28.9 Å². The summed E-state index contributed by atoms with van der Waals surface area (Å²) < 4.78 is 0. The van der Waals surface area contributed by atoms with Crippen molar-refractivity contribution in [2.75, 3.05) is 12.4 Å². The average Bonchev–Trinajstić information content (AvgIpc) is 1.85. The van der Waals surface area contributed by atoms with Crippen molar-refractivity contribution in [2.45, 2.75) is 0 Å². The van der Waals surface area contributed by atoms with Gasteiger partial charge in [-0.1, -0.05) is 23.2 Å². The summed E-state index contributed by atoms with van der Waals surface area (Å²) >= 11 is 11.2. The van der Waals surface area contributed by atoms with Crippen LogP contribution in [-0.2, 0) is 0 Å². The molecule has 0 amide bonds. The lowest BCUT2D eigenvalue weighted by molar-refractivity contribution is 1.32. The molecule has 1 N–H and O–H groups in total. The summed E-state index contributed by atoms with van der Waals surface area (Å²) in [5, 5.41) is 3.70. The topological polar surface area (TPSA) is 24.9 Å². The molecule has 1 rings (SSSR count). The van der Waals surface area contributed by atoms with Crippen molar-refractivity contribution in [2.24, 2.45) is 0 Å². The first-order valence-corrected chi connectivity index (χ1v) is 3.49. The highest BCUT2D eigenvalue weighted by Gasteiger charge is 1.95. The van der Waals surface area contributed by atoms with Crippen molar-refractivity contribution in [1.29, 1.82) is 0 Å². The van der Waals surface area contributed by atoms with E-state index in [1.807, 2.05) is 0 Å². The van der Waals surface area contributed by atoms with Crippen LogP contribution in [0.2, 0.25) is 10.3 Å². The summed E-state index contributed by atoms with van der Waals surface area (Å²) in [5.74, 6) is 0. The number of aromatic nitrogens is 1. The molecular formula is C6H6Cl2N2. The molecule has 0 spiro atoms. The van der Waals surface area contributed by atoms with Crippen LogP contribution in [0.25, 0.3) is 0 Å². The Bertz CT molecular complexity index is 217. The molecule has 2 nitrogen and oxygen atoms in total. The molecule has 0 saturated carbocycles. The molecule has 1 aromatic heterocycles. The summed E-state index contributed by atoms with van der Waals surface area (Å²) in [5.41, 5.74) is 0.866. The second kappa shape index (κ2) is 3.08. The highest BCUT2D eigenvalue weighted by molar-refractivity contribution is 6.32. The maximum atomic E-state index is 5.59. The number of hydrogen-bond acceptors (Lipinski definition) is 2. The van der Waals surface area contributed by atoms with Gasteiger partial charge in [-0.3, -0.25) is 0 Å². The van der Waals surface area contributed by atoms with Crippen molar-refractivity contribution < 1.29 is 0 Å². The number of anilines is 1. The molecule has 4 heteroatoms. The highest BCUT2D eigenvalue weighted by atomic mass is 35.5. The number of nitrogens with one attached hydrogen (secondary N) is 1. The predicted octanol–water partition coefficient (Wildman–Crippen LogP) is 2.43. The zero-order chi connectivity index (χ0) is 7.56. The van der Waals surface area contributed by atoms with Gasteiger partial charge in [0.15, 0.2) is 0 Å². The van der Waals surface area contributed by atoms with Gasteiger partial charge in [0, 0.05) is 12.7 Å². The van der Waals surface area contributed by atoms with E-state index in [9.17, 15) is 0 Å². The third kappa shape index (κ3) is 1.75. The Morgan fingerprint density at radius 3 is 2.20 bits per heavy atom. The molecule has 0 bridgehead atoms. The average molecular weight is 177 g/mol. The predicted molar refractivity (Wildman–Crippen MR) is 43.8 cm³/mol. The maximum absolute atomic E-state index is 5.59. The van der Waals surface area contributed by atoms with Gasteiger partial charge in [-0.05, 0) is 12.1 Å². The van der Waals surface area contributed by atoms with Crippen LogP contribution in [0.4, 0.5) is 5.69 Å². The molecule has 0 aliphatic heterocycles. The molecule has 0 saturated heterocycles. The lowest BCUT2D eigenvalue weighted by atomic mass is 10.4. The quantitative estimate of drug-likeness (QED) is 0.666. The van der Waals surface area contributed by atoms with Crippen molar-refractivity contribution in [3.05, 3.63) is 22.4 Å². The lowest BCUT2D eigenvalue weighted by Gasteiger charge is -1.99. The summed E-state index contributed by atoms with van der Waals surface area (Å²) in [4.78, 5) is 3.77. The van der Waals surface area contributed by atoms with Gasteiger partial charge in [0.25, 0.3) is 0 Å². The minimum absolute atomic E-state index is 0.400. The van der Waals surface area contributed by atoms with E-state index in [0.29, 0.717) is 10.3 Å². The van der Waals surface area contributed by atoms with E-state index in [1.54, 1.807) is 19.2 Å². The maximum Gasteiger partial charge on any atom is 0.132 e. The highest BCUT2D eigenvalue weighted by Crippen LogP contribution is 2.17. The van der Waals surface area contributed by atoms with E-state index in [0.717, 1.165) is 5.69 Å². The van der Waals surface area contributed by atoms with E-state index < -0.39 is 0 Å². The fraction of sp³-hybridized carbons (Fsp3) is 0.167. The SMILES string of the molecule is CNc1cc(Cl)nc(Cl)c1. The number of halogens is 2. The Balaban J connectivity index is 3.06. The van der Waals surface area contributed by atoms with Crippen LogP contribution in [0.5, 0.6) is 0 Å². The van der Waals surface area contributed by atoms with Crippen molar-refractivity contribution in [3.63, 3.8) is 0 Å². The van der Waals surface area contributed by atoms with Gasteiger partial charge in [-0.15, -0.1) is 0 Å². The van der Waals surface area contributed by atoms with E-state index in [1.165, 1.54) is 0 Å². The lowest BCUT2D eigenvalue weighted by Crippen LogP contribution is -1.88. The first kappa shape index (κ1) is 7.63. The summed E-state index contributed by atoms with van der Waals surface area (Å²) in [6.07, 6.45) is 0. The fourth-order valence-electron chi connectivity index (χ4n) is 0.609. The minimum atomic E-state index is 0.400. The molecule has 0 aliphatic rings. The summed E-state index contributed by atoms with van der Waals surface area (Å²) in [7, 11) is 1.79. The minimum Gasteiger partial charge on any atom is -0.388 e. The molecular weight excluding hydrogens is 171 g/mol. The molecule has 0 fully saturated rings. The third-order valence-electron chi connectivity index (χ3n) is 1.05. The zero-order valence-electron chi connectivity index (χ0n) is 5.36. The van der Waals surface area contributed by atoms with Crippen LogP contribution in [0.3, 0.4) is 0 Å². The Labute approximate surface area is 69.2 Å². The normalized spacial score (nSPS) is 9.50. The standard InChI is InChI=1S/C6H6Cl2N2/c1-9-4-2-5(7)10-6(8)3-4/h2-3H,1H3,(H,9,10). The molecule has 0 atom stereocenters. The van der Waals surface area contributed by atoms with E-state index in [2.05, 4.69) is 10.3 Å². The van der Waals surface area contributed by atoms with Crippen LogP contribution < -0.4 is 5.32 Å². The Kier molecular flexibility index (Phi) is 2.35. The Hall–Kier alpha value is -0.470. The van der Waals surface area contributed by atoms with Crippen LogP contribution in [0.1, 0.15) is 0 Å². The monoisotopic (exact) mass is 176 g/mol. The summed E-state index contributed by atoms with van der Waals surface area (Å²) in [6.45, 7) is 0. The smallest absolute Gasteiger partial charge is 0.132 e. The first-order chi connectivity index (χ1) is 4.72. The fourth-order valence-corrected chi connectivity index (χ4v) is 1.07. The van der Waals surface area contributed by atoms with Crippen LogP contribution in [0, 0.1) is 0 Å². The van der Waals surface area contributed by atoms with Gasteiger partial charge in [-0.2, -0.15) is 0 Å². The first-order valence-electron chi connectivity index (χ1n) is 2.73. The second-order valence-corrected chi connectivity index (χ2v) is 2.53. The Morgan fingerprint density at radius 1 is 1.30 bits per heavy atom. The van der Waals surface area contributed by atoms with Gasteiger partial charge in [0.2, 0.25) is 0 Å². The number of hydrogen-bond donors (Lipinski definition) is 1. The molecule has 54 valence electrons. The van der Waals surface area contributed by atoms with Crippen molar-refractivity contribution in [1.82, 2.24) is 4.98 Å². The van der Waals surface area contributed by atoms with Crippen LogP contribution >= 0.6 is 23.2 Å². The molecule has 1 heterocycles. The van der Waals surface area contributed by atoms with Gasteiger partial charge < -0.3 is 5.32 Å². The van der Waals surface area contributed by atoms with Gasteiger partial charge in [0.1, 0.15) is 10.3 Å². The molecule has 0 aromatic carbocycles. The molecule has 0 unspecified atom stereocenters. The molecule has 0 radical (unpaired) electrons. The second-order valence-electron chi connectivity index (χ2n) is 1.75. The Morgan fingerprint density at radius 2 is 1.80 bits per heavy atom. The van der Waals surface area contributed by atoms with E-state index in [-0.39, 0.29) is 0 Å². The van der Waals surface area contributed by atoms with Gasteiger partial charge >= 0.3 is 0 Å².